The van der Waals surface area contributed by atoms with Gasteiger partial charge in [0.2, 0.25) is 0 Å². The van der Waals surface area contributed by atoms with Crippen molar-refractivity contribution < 1.29 is 0 Å². The Morgan fingerprint density at radius 1 is 1.13 bits per heavy atom. The molecule has 0 saturated heterocycles. The zero-order chi connectivity index (χ0) is 10.3. The Hall–Kier alpha value is -0.950. The lowest BCUT2D eigenvalue weighted by atomic mass is 9.85. The maximum absolute atomic E-state index is 6.30. The Kier molecular flexibility index (Phi) is 2.21. The number of aryl methyl sites for hydroxylation is 1. The highest BCUT2D eigenvalue weighted by Gasteiger charge is 2.22. The van der Waals surface area contributed by atoms with Crippen molar-refractivity contribution in [2.24, 2.45) is 0 Å². The molecule has 0 bridgehead atoms. The first-order valence-corrected chi connectivity index (χ1v) is 5.98. The molecule has 1 aliphatic heterocycles. The molecule has 1 heterocycles. The van der Waals surface area contributed by atoms with Gasteiger partial charge in [-0.25, -0.2) is 0 Å². The Balaban J connectivity index is 2.19. The first kappa shape index (κ1) is 9.29. The third kappa shape index (κ3) is 1.46. The van der Waals surface area contributed by atoms with E-state index in [1.54, 1.807) is 0 Å². The van der Waals surface area contributed by atoms with Gasteiger partial charge in [0.25, 0.3) is 0 Å². The molecular formula is C13H14ClN. The van der Waals surface area contributed by atoms with Crippen molar-refractivity contribution in [3.05, 3.63) is 40.0 Å². The highest BCUT2D eigenvalue weighted by molar-refractivity contribution is 6.32. The number of nitrogens with one attached hydrogen (secondary N) is 1. The van der Waals surface area contributed by atoms with Crippen LogP contribution in [-0.4, -0.2) is 6.54 Å². The topological polar surface area (TPSA) is 12.0 Å². The monoisotopic (exact) mass is 219 g/mol. The molecule has 0 unspecified atom stereocenters. The van der Waals surface area contributed by atoms with Crippen molar-refractivity contribution in [2.75, 3.05) is 6.54 Å². The van der Waals surface area contributed by atoms with Crippen LogP contribution in [0.2, 0.25) is 5.02 Å². The summed E-state index contributed by atoms with van der Waals surface area (Å²) in [7, 11) is 0. The summed E-state index contributed by atoms with van der Waals surface area (Å²) in [5.74, 6) is 0. The zero-order valence-corrected chi connectivity index (χ0v) is 9.40. The maximum Gasteiger partial charge on any atom is 0.0484 e. The Morgan fingerprint density at radius 2 is 2.07 bits per heavy atom. The number of benzene rings is 1. The molecule has 0 atom stereocenters. The summed E-state index contributed by atoms with van der Waals surface area (Å²) >= 11 is 6.30. The van der Waals surface area contributed by atoms with E-state index in [1.807, 2.05) is 6.07 Å². The summed E-state index contributed by atoms with van der Waals surface area (Å²) in [5.41, 5.74) is 5.63. The summed E-state index contributed by atoms with van der Waals surface area (Å²) < 4.78 is 0. The van der Waals surface area contributed by atoms with E-state index in [1.165, 1.54) is 35.2 Å². The maximum atomic E-state index is 6.30. The quantitative estimate of drug-likeness (QED) is 0.706. The van der Waals surface area contributed by atoms with Crippen molar-refractivity contribution in [3.8, 4) is 0 Å². The Bertz CT molecular complexity index is 434. The third-order valence-corrected chi connectivity index (χ3v) is 3.67. The van der Waals surface area contributed by atoms with Crippen LogP contribution in [0.3, 0.4) is 0 Å². The SMILES string of the molecule is Clc1cccc2c1C1=C(CC2)NCCC1. The summed E-state index contributed by atoms with van der Waals surface area (Å²) in [6.45, 7) is 1.12. The minimum absolute atomic E-state index is 0.920. The van der Waals surface area contributed by atoms with Gasteiger partial charge in [-0.3, -0.25) is 0 Å². The highest BCUT2D eigenvalue weighted by atomic mass is 35.5. The molecule has 0 amide bonds. The van der Waals surface area contributed by atoms with Gasteiger partial charge in [-0.1, -0.05) is 23.7 Å². The normalized spacial score (nSPS) is 19.3. The van der Waals surface area contributed by atoms with Gasteiger partial charge in [-0.15, -0.1) is 0 Å². The molecule has 1 aromatic rings. The molecule has 0 radical (unpaired) electrons. The lowest BCUT2D eigenvalue weighted by Crippen LogP contribution is -2.24. The number of hydrogen-bond donors (Lipinski definition) is 1. The molecule has 1 aromatic carbocycles. The van der Waals surface area contributed by atoms with E-state index in [0.29, 0.717) is 0 Å². The van der Waals surface area contributed by atoms with E-state index in [2.05, 4.69) is 17.4 Å². The van der Waals surface area contributed by atoms with E-state index >= 15 is 0 Å². The fourth-order valence-corrected chi connectivity index (χ4v) is 2.96. The predicted molar refractivity (Wildman–Crippen MR) is 63.9 cm³/mol. The second-order valence-electron chi connectivity index (χ2n) is 4.26. The number of halogens is 1. The lowest BCUT2D eigenvalue weighted by Gasteiger charge is -2.29. The molecule has 0 saturated carbocycles. The summed E-state index contributed by atoms with van der Waals surface area (Å²) in [6, 6.07) is 6.27. The summed E-state index contributed by atoms with van der Waals surface area (Å²) in [6.07, 6.45) is 4.69. The van der Waals surface area contributed by atoms with Gasteiger partial charge in [-0.2, -0.15) is 0 Å². The summed E-state index contributed by atoms with van der Waals surface area (Å²) in [5, 5.41) is 4.43. The van der Waals surface area contributed by atoms with Crippen molar-refractivity contribution in [2.45, 2.75) is 25.7 Å². The van der Waals surface area contributed by atoms with Crippen LogP contribution in [0.1, 0.15) is 30.4 Å². The van der Waals surface area contributed by atoms with Gasteiger partial charge < -0.3 is 5.32 Å². The Labute approximate surface area is 95.1 Å². The van der Waals surface area contributed by atoms with E-state index < -0.39 is 0 Å². The van der Waals surface area contributed by atoms with Crippen LogP contribution in [0.15, 0.2) is 23.9 Å². The van der Waals surface area contributed by atoms with Crippen LogP contribution in [0.25, 0.3) is 5.57 Å². The third-order valence-electron chi connectivity index (χ3n) is 3.35. The molecule has 2 aliphatic rings. The van der Waals surface area contributed by atoms with Crippen LogP contribution in [0.5, 0.6) is 0 Å². The largest absolute Gasteiger partial charge is 0.388 e. The van der Waals surface area contributed by atoms with Gasteiger partial charge in [0.05, 0.1) is 0 Å². The lowest BCUT2D eigenvalue weighted by molar-refractivity contribution is 0.657. The summed E-state index contributed by atoms with van der Waals surface area (Å²) in [4.78, 5) is 0. The van der Waals surface area contributed by atoms with Crippen LogP contribution in [-0.2, 0) is 6.42 Å². The molecule has 78 valence electrons. The molecule has 15 heavy (non-hydrogen) atoms. The molecule has 1 nitrogen and oxygen atoms in total. The molecule has 1 aliphatic carbocycles. The second kappa shape index (κ2) is 3.57. The molecule has 0 fully saturated rings. The fraction of sp³-hybridized carbons (Fsp3) is 0.385. The molecule has 2 heteroatoms. The van der Waals surface area contributed by atoms with E-state index in [9.17, 15) is 0 Å². The first-order chi connectivity index (χ1) is 7.36. The molecule has 3 rings (SSSR count). The predicted octanol–water partition coefficient (Wildman–Crippen LogP) is 3.38. The minimum Gasteiger partial charge on any atom is -0.388 e. The number of hydrogen-bond acceptors (Lipinski definition) is 1. The first-order valence-electron chi connectivity index (χ1n) is 5.60. The van der Waals surface area contributed by atoms with Gasteiger partial charge in [0.15, 0.2) is 0 Å². The van der Waals surface area contributed by atoms with Crippen LogP contribution < -0.4 is 5.32 Å². The van der Waals surface area contributed by atoms with Crippen molar-refractivity contribution in [3.63, 3.8) is 0 Å². The smallest absolute Gasteiger partial charge is 0.0484 e. The van der Waals surface area contributed by atoms with Gasteiger partial charge in [0, 0.05) is 22.8 Å². The van der Waals surface area contributed by atoms with Gasteiger partial charge in [-0.05, 0) is 42.9 Å². The molecule has 1 N–H and O–H groups in total. The van der Waals surface area contributed by atoms with Crippen LogP contribution >= 0.6 is 11.6 Å². The van der Waals surface area contributed by atoms with E-state index in [4.69, 9.17) is 11.6 Å². The number of allylic oxidation sites excluding steroid dienone is 2. The van der Waals surface area contributed by atoms with E-state index in [-0.39, 0.29) is 0 Å². The second-order valence-corrected chi connectivity index (χ2v) is 4.67. The van der Waals surface area contributed by atoms with Crippen LogP contribution in [0, 0.1) is 0 Å². The highest BCUT2D eigenvalue weighted by Crippen LogP contribution is 2.38. The number of rotatable bonds is 0. The number of fused-ring (bicyclic) bond motifs is 2. The van der Waals surface area contributed by atoms with Crippen LogP contribution in [0.4, 0.5) is 0 Å². The molecular weight excluding hydrogens is 206 g/mol. The van der Waals surface area contributed by atoms with Crippen molar-refractivity contribution in [1.29, 1.82) is 0 Å². The average Bonchev–Trinajstić information content (AvgIpc) is 2.29. The standard InChI is InChI=1S/C13H14ClN/c14-11-5-1-3-9-6-7-12-10(13(9)11)4-2-8-15-12/h1,3,5,15H,2,4,6-8H2. The fourth-order valence-electron chi connectivity index (χ4n) is 2.65. The van der Waals surface area contributed by atoms with E-state index in [0.717, 1.165) is 24.4 Å². The van der Waals surface area contributed by atoms with Gasteiger partial charge in [0.1, 0.15) is 0 Å². The Morgan fingerprint density at radius 3 is 3.00 bits per heavy atom. The molecule has 0 spiro atoms. The zero-order valence-electron chi connectivity index (χ0n) is 8.65. The van der Waals surface area contributed by atoms with Crippen molar-refractivity contribution in [1.82, 2.24) is 5.32 Å². The van der Waals surface area contributed by atoms with Crippen molar-refractivity contribution >= 4 is 17.2 Å². The minimum atomic E-state index is 0.920. The molecule has 0 aromatic heterocycles. The average molecular weight is 220 g/mol. The van der Waals surface area contributed by atoms with Gasteiger partial charge >= 0.3 is 0 Å².